The zero-order chi connectivity index (χ0) is 28.0. The topological polar surface area (TPSA) is 51.5 Å². The number of nitrogens with zero attached hydrogens (tertiary/aromatic N) is 1. The molecule has 0 aliphatic carbocycles. The largest absolute Gasteiger partial charge is 0.493 e. The van der Waals surface area contributed by atoms with E-state index >= 15 is 0 Å². The SMILES string of the molecule is CCCc1c(OCC/C(C)=C/c2cc(CC(=O)O)ccc2C)ccc2c1ccn2CC(C)(C)c1ccccc1. The van der Waals surface area contributed by atoms with Crippen LogP contribution in [-0.4, -0.2) is 22.2 Å². The molecule has 4 heteroatoms. The van der Waals surface area contributed by atoms with Crippen molar-refractivity contribution in [3.05, 3.63) is 106 Å². The van der Waals surface area contributed by atoms with Crippen LogP contribution < -0.4 is 4.74 Å². The molecule has 1 N–H and O–H groups in total. The van der Waals surface area contributed by atoms with Gasteiger partial charge in [-0.2, -0.15) is 0 Å². The smallest absolute Gasteiger partial charge is 0.307 e. The summed E-state index contributed by atoms with van der Waals surface area (Å²) in [5.41, 5.74) is 8.13. The van der Waals surface area contributed by atoms with Crippen LogP contribution in [0.15, 0.2) is 78.5 Å². The van der Waals surface area contributed by atoms with Crippen LogP contribution in [0.1, 0.15) is 68.4 Å². The molecule has 4 nitrogen and oxygen atoms in total. The first-order valence-corrected chi connectivity index (χ1v) is 14.0. The summed E-state index contributed by atoms with van der Waals surface area (Å²) in [7, 11) is 0. The molecule has 1 heterocycles. The maximum absolute atomic E-state index is 11.1. The number of hydrogen-bond donors (Lipinski definition) is 1. The van der Waals surface area contributed by atoms with E-state index in [2.05, 4.69) is 100.0 Å². The minimum Gasteiger partial charge on any atom is -0.493 e. The lowest BCUT2D eigenvalue weighted by Gasteiger charge is -2.26. The second-order valence-corrected chi connectivity index (χ2v) is 11.3. The van der Waals surface area contributed by atoms with Gasteiger partial charge < -0.3 is 14.4 Å². The number of carboxylic acid groups (broad SMARTS) is 1. The predicted molar refractivity (Wildman–Crippen MR) is 162 cm³/mol. The van der Waals surface area contributed by atoms with Crippen molar-refractivity contribution in [2.45, 2.75) is 72.3 Å². The summed E-state index contributed by atoms with van der Waals surface area (Å²) in [4.78, 5) is 11.1. The molecule has 0 spiro atoms. The zero-order valence-corrected chi connectivity index (χ0v) is 24.0. The summed E-state index contributed by atoms with van der Waals surface area (Å²) in [6.45, 7) is 12.5. The van der Waals surface area contributed by atoms with Gasteiger partial charge in [0.2, 0.25) is 0 Å². The first-order valence-electron chi connectivity index (χ1n) is 14.0. The number of carbonyl (C=O) groups is 1. The van der Waals surface area contributed by atoms with Gasteiger partial charge in [-0.3, -0.25) is 4.79 Å². The monoisotopic (exact) mass is 523 g/mol. The lowest BCUT2D eigenvalue weighted by Crippen LogP contribution is -2.24. The Balaban J connectivity index is 1.49. The highest BCUT2D eigenvalue weighted by Crippen LogP contribution is 2.33. The Morgan fingerprint density at radius 2 is 1.82 bits per heavy atom. The molecule has 4 rings (SSSR count). The summed E-state index contributed by atoms with van der Waals surface area (Å²) >= 11 is 0. The van der Waals surface area contributed by atoms with E-state index in [1.807, 2.05) is 18.2 Å². The first kappa shape index (κ1) is 28.2. The fourth-order valence-corrected chi connectivity index (χ4v) is 5.29. The van der Waals surface area contributed by atoms with Crippen molar-refractivity contribution in [2.75, 3.05) is 6.61 Å². The van der Waals surface area contributed by atoms with Gasteiger partial charge in [-0.05, 0) is 60.7 Å². The van der Waals surface area contributed by atoms with Crippen LogP contribution >= 0.6 is 0 Å². The van der Waals surface area contributed by atoms with Crippen molar-refractivity contribution in [3.8, 4) is 5.75 Å². The number of hydrogen-bond acceptors (Lipinski definition) is 2. The van der Waals surface area contributed by atoms with E-state index in [1.54, 1.807) is 0 Å². The summed E-state index contributed by atoms with van der Waals surface area (Å²) in [6.07, 6.45) is 7.24. The second kappa shape index (κ2) is 12.4. The molecule has 0 aliphatic rings. The standard InChI is InChI=1S/C35H41NO3/c1-6-10-31-30-17-19-36(24-35(4,5)29-11-8-7-9-12-29)32(30)15-16-33(31)39-20-18-25(2)21-28-22-27(23-34(37)38)14-13-26(28)3/h7-9,11-17,19,21-22H,6,10,18,20,23-24H2,1-5H3,(H,37,38)/b25-21+. The molecule has 0 saturated heterocycles. The van der Waals surface area contributed by atoms with E-state index in [0.717, 1.165) is 48.2 Å². The van der Waals surface area contributed by atoms with Gasteiger partial charge in [0.1, 0.15) is 5.75 Å². The number of aliphatic carboxylic acids is 1. The number of benzene rings is 3. The van der Waals surface area contributed by atoms with Crippen molar-refractivity contribution in [1.82, 2.24) is 4.57 Å². The number of ether oxygens (including phenoxy) is 1. The Bertz CT molecular complexity index is 1460. The molecule has 0 aliphatic heterocycles. The van der Waals surface area contributed by atoms with Crippen LogP contribution in [0, 0.1) is 6.92 Å². The number of rotatable bonds is 12. The second-order valence-electron chi connectivity index (χ2n) is 11.3. The molecule has 0 amide bonds. The lowest BCUT2D eigenvalue weighted by atomic mass is 9.84. The van der Waals surface area contributed by atoms with Gasteiger partial charge in [0, 0.05) is 41.0 Å². The minimum atomic E-state index is -0.811. The first-order chi connectivity index (χ1) is 18.7. The third-order valence-electron chi connectivity index (χ3n) is 7.50. The highest BCUT2D eigenvalue weighted by atomic mass is 16.5. The van der Waals surface area contributed by atoms with Gasteiger partial charge in [0.05, 0.1) is 13.0 Å². The summed E-state index contributed by atoms with van der Waals surface area (Å²) < 4.78 is 8.74. The Labute approximate surface area is 233 Å². The molecule has 204 valence electrons. The van der Waals surface area contributed by atoms with Crippen molar-refractivity contribution in [3.63, 3.8) is 0 Å². The summed E-state index contributed by atoms with van der Waals surface area (Å²) in [6, 6.07) is 23.2. The highest BCUT2D eigenvalue weighted by molar-refractivity contribution is 5.86. The lowest BCUT2D eigenvalue weighted by molar-refractivity contribution is -0.136. The fraction of sp³-hybridized carbons (Fsp3) is 0.343. The Morgan fingerprint density at radius 1 is 1.05 bits per heavy atom. The Morgan fingerprint density at radius 3 is 2.54 bits per heavy atom. The molecule has 39 heavy (non-hydrogen) atoms. The molecule has 0 atom stereocenters. The van der Waals surface area contributed by atoms with Crippen LogP contribution in [-0.2, 0) is 29.6 Å². The van der Waals surface area contributed by atoms with E-state index in [9.17, 15) is 4.79 Å². The van der Waals surface area contributed by atoms with E-state index in [-0.39, 0.29) is 11.8 Å². The van der Waals surface area contributed by atoms with Crippen molar-refractivity contribution in [2.24, 2.45) is 0 Å². The van der Waals surface area contributed by atoms with Crippen molar-refractivity contribution >= 4 is 22.9 Å². The zero-order valence-electron chi connectivity index (χ0n) is 24.0. The molecule has 3 aromatic carbocycles. The molecular weight excluding hydrogens is 482 g/mol. The summed E-state index contributed by atoms with van der Waals surface area (Å²) in [5.74, 6) is 0.158. The van der Waals surface area contributed by atoms with Crippen LogP contribution in [0.5, 0.6) is 5.75 Å². The molecule has 0 bridgehead atoms. The van der Waals surface area contributed by atoms with Crippen molar-refractivity contribution < 1.29 is 14.6 Å². The van der Waals surface area contributed by atoms with Gasteiger partial charge in [-0.15, -0.1) is 0 Å². The third-order valence-corrected chi connectivity index (χ3v) is 7.50. The molecular formula is C35H41NO3. The highest BCUT2D eigenvalue weighted by Gasteiger charge is 2.22. The minimum absolute atomic E-state index is 0.0165. The predicted octanol–water partition coefficient (Wildman–Crippen LogP) is 8.38. The van der Waals surface area contributed by atoms with Crippen LogP contribution in [0.4, 0.5) is 0 Å². The van der Waals surface area contributed by atoms with Gasteiger partial charge >= 0.3 is 5.97 Å². The maximum Gasteiger partial charge on any atom is 0.307 e. The number of fused-ring (bicyclic) bond motifs is 1. The molecule has 1 aromatic heterocycles. The van der Waals surface area contributed by atoms with Gasteiger partial charge in [-0.25, -0.2) is 0 Å². The maximum atomic E-state index is 11.1. The van der Waals surface area contributed by atoms with Gasteiger partial charge in [-0.1, -0.05) is 87.4 Å². The van der Waals surface area contributed by atoms with Gasteiger partial charge in [0.25, 0.3) is 0 Å². The fourth-order valence-electron chi connectivity index (χ4n) is 5.29. The number of aromatic nitrogens is 1. The van der Waals surface area contributed by atoms with E-state index in [0.29, 0.717) is 6.61 Å². The van der Waals surface area contributed by atoms with E-state index in [1.165, 1.54) is 27.6 Å². The number of carboxylic acids is 1. The van der Waals surface area contributed by atoms with Crippen molar-refractivity contribution in [1.29, 1.82) is 0 Å². The molecule has 0 unspecified atom stereocenters. The molecule has 4 aromatic rings. The molecule has 0 radical (unpaired) electrons. The third kappa shape index (κ3) is 7.00. The average molecular weight is 524 g/mol. The molecule has 0 saturated carbocycles. The molecule has 0 fully saturated rings. The van der Waals surface area contributed by atoms with Crippen LogP contribution in [0.25, 0.3) is 17.0 Å². The average Bonchev–Trinajstić information content (AvgIpc) is 3.29. The quantitative estimate of drug-likeness (QED) is 0.203. The van der Waals surface area contributed by atoms with Crippen LogP contribution in [0.3, 0.4) is 0 Å². The van der Waals surface area contributed by atoms with E-state index in [4.69, 9.17) is 9.84 Å². The summed E-state index contributed by atoms with van der Waals surface area (Å²) in [5, 5.41) is 10.4. The number of aryl methyl sites for hydroxylation is 2. The van der Waals surface area contributed by atoms with Crippen LogP contribution in [0.2, 0.25) is 0 Å². The Kier molecular flexibility index (Phi) is 8.96. The Hall–Kier alpha value is -3.79. The van der Waals surface area contributed by atoms with E-state index < -0.39 is 5.97 Å². The normalized spacial score (nSPS) is 12.2. The van der Waals surface area contributed by atoms with Gasteiger partial charge in [0.15, 0.2) is 0 Å².